The zero-order valence-electron chi connectivity index (χ0n) is 15.8. The van der Waals surface area contributed by atoms with Crippen LogP contribution in [-0.4, -0.2) is 14.5 Å². The fraction of sp³-hybridized carbons (Fsp3) is 0. The van der Waals surface area contributed by atoms with Crippen molar-refractivity contribution < 1.29 is 21.1 Å². The van der Waals surface area contributed by atoms with Gasteiger partial charge in [0.05, 0.1) is 5.82 Å². The zero-order chi connectivity index (χ0) is 19.5. The van der Waals surface area contributed by atoms with Crippen LogP contribution in [0.1, 0.15) is 0 Å². The van der Waals surface area contributed by atoms with Gasteiger partial charge in [0.2, 0.25) is 0 Å². The Morgan fingerprint density at radius 2 is 1.60 bits per heavy atom. The van der Waals surface area contributed by atoms with Crippen molar-refractivity contribution >= 4 is 28.7 Å². The normalized spacial score (nSPS) is 10.4. The molecule has 0 bridgehead atoms. The number of rotatable bonds is 5. The molecule has 0 spiro atoms. The number of benzene rings is 1. The first kappa shape index (κ1) is 20.3. The summed E-state index contributed by atoms with van der Waals surface area (Å²) in [6.45, 7) is 0. The Morgan fingerprint density at radius 3 is 2.33 bits per heavy atom. The second-order valence-corrected chi connectivity index (χ2v) is 7.22. The summed E-state index contributed by atoms with van der Waals surface area (Å²) < 4.78 is 1.87. The van der Waals surface area contributed by atoms with Gasteiger partial charge in [-0.05, 0) is 30.0 Å². The van der Waals surface area contributed by atoms with Crippen LogP contribution in [0.15, 0.2) is 96.5 Å². The van der Waals surface area contributed by atoms with Crippen LogP contribution < -0.4 is 4.90 Å². The van der Waals surface area contributed by atoms with Crippen LogP contribution in [0, 0.1) is 12.3 Å². The molecular weight excluding hydrogens is 571 g/mol. The van der Waals surface area contributed by atoms with Gasteiger partial charge in [-0.2, -0.15) is 18.2 Å². The Bertz CT molecular complexity index is 1130. The van der Waals surface area contributed by atoms with Gasteiger partial charge in [0, 0.05) is 5.69 Å². The summed E-state index contributed by atoms with van der Waals surface area (Å²) in [5.41, 5.74) is 1.89. The minimum absolute atomic E-state index is 0. The average molecular weight is 588 g/mol. The van der Waals surface area contributed by atoms with E-state index < -0.39 is 0 Å². The van der Waals surface area contributed by atoms with Crippen molar-refractivity contribution in [2.75, 3.05) is 4.90 Å². The first-order valence-corrected chi connectivity index (χ1v) is 10.1. The molecule has 0 aliphatic heterocycles. The Balaban J connectivity index is 0.00000218. The summed E-state index contributed by atoms with van der Waals surface area (Å²) >= 11 is 1.63. The largest absolute Gasteiger partial charge is 2.00 e. The van der Waals surface area contributed by atoms with E-state index >= 15 is 0 Å². The van der Waals surface area contributed by atoms with Gasteiger partial charge in [-0.25, -0.2) is 11.3 Å². The van der Waals surface area contributed by atoms with E-state index in [-0.39, 0.29) is 21.1 Å². The molecule has 0 atom stereocenters. The molecule has 0 radical (unpaired) electrons. The quantitative estimate of drug-likeness (QED) is 0.235. The standard InChI is InChI=1S/C24H16N4S.Pt/c1-2-9-19(10-3-1)28(23-14-6-11-20(25-23)21-12-8-18-29-21)24-15-7-13-22(26-24)27-16-4-5-17-27;/h1-11,13-16,18H;/q-2;+2. The molecule has 4 heterocycles. The molecular formula is C24H16N4PtS. The van der Waals surface area contributed by atoms with Crippen LogP contribution in [0.3, 0.4) is 0 Å². The number of pyridine rings is 2. The van der Waals surface area contributed by atoms with Crippen molar-refractivity contribution in [3.05, 3.63) is 109 Å². The minimum atomic E-state index is 0. The second-order valence-electron chi connectivity index (χ2n) is 6.31. The molecule has 0 unspecified atom stereocenters. The first-order valence-electron chi connectivity index (χ1n) is 9.19. The number of anilines is 3. The van der Waals surface area contributed by atoms with E-state index in [0.29, 0.717) is 0 Å². The zero-order valence-corrected chi connectivity index (χ0v) is 18.8. The molecule has 1 aromatic carbocycles. The maximum Gasteiger partial charge on any atom is 2.00 e. The molecule has 5 aromatic rings. The molecule has 6 heteroatoms. The third kappa shape index (κ3) is 4.13. The number of para-hydroxylation sites is 1. The Hall–Kier alpha value is -3.01. The molecule has 5 rings (SSSR count). The van der Waals surface area contributed by atoms with Crippen molar-refractivity contribution in [2.24, 2.45) is 0 Å². The number of aromatic nitrogens is 3. The first-order chi connectivity index (χ1) is 14.4. The third-order valence-electron chi connectivity index (χ3n) is 4.42. The van der Waals surface area contributed by atoms with Crippen molar-refractivity contribution in [2.45, 2.75) is 0 Å². The number of nitrogens with zero attached hydrogens (tertiary/aromatic N) is 4. The van der Waals surface area contributed by atoms with Crippen molar-refractivity contribution in [1.82, 2.24) is 14.5 Å². The van der Waals surface area contributed by atoms with Gasteiger partial charge in [-0.3, -0.25) is 14.9 Å². The predicted octanol–water partition coefficient (Wildman–Crippen LogP) is 6.06. The van der Waals surface area contributed by atoms with E-state index in [1.165, 1.54) is 0 Å². The number of thiophene rings is 1. The monoisotopic (exact) mass is 587 g/mol. The molecule has 0 N–H and O–H groups in total. The van der Waals surface area contributed by atoms with E-state index in [2.05, 4.69) is 29.3 Å². The Morgan fingerprint density at radius 1 is 0.800 bits per heavy atom. The van der Waals surface area contributed by atoms with Crippen LogP contribution in [0.25, 0.3) is 16.4 Å². The van der Waals surface area contributed by atoms with E-state index in [9.17, 15) is 0 Å². The van der Waals surface area contributed by atoms with Crippen LogP contribution in [-0.2, 0) is 21.1 Å². The van der Waals surface area contributed by atoms with Crippen molar-refractivity contribution in [3.8, 4) is 16.4 Å². The molecule has 4 aromatic heterocycles. The minimum Gasteiger partial charge on any atom is -0.436 e. The molecule has 148 valence electrons. The van der Waals surface area contributed by atoms with Gasteiger partial charge in [0.15, 0.2) is 0 Å². The van der Waals surface area contributed by atoms with E-state index in [1.54, 1.807) is 11.3 Å². The van der Waals surface area contributed by atoms with Crippen molar-refractivity contribution in [3.63, 3.8) is 0 Å². The summed E-state index contributed by atoms with van der Waals surface area (Å²) in [6, 6.07) is 31.1. The maximum absolute atomic E-state index is 4.91. The molecule has 4 nitrogen and oxygen atoms in total. The third-order valence-corrected chi connectivity index (χ3v) is 5.25. The predicted molar refractivity (Wildman–Crippen MR) is 117 cm³/mol. The van der Waals surface area contributed by atoms with Crippen LogP contribution in [0.4, 0.5) is 17.3 Å². The topological polar surface area (TPSA) is 34.0 Å². The molecule has 0 fully saturated rings. The van der Waals surface area contributed by atoms with E-state index in [4.69, 9.17) is 9.97 Å². The van der Waals surface area contributed by atoms with Crippen LogP contribution >= 0.6 is 11.3 Å². The fourth-order valence-electron chi connectivity index (χ4n) is 3.12. The summed E-state index contributed by atoms with van der Waals surface area (Å²) in [5, 5.41) is 2.01. The SMILES string of the molecule is [Pt+2].[c-]1ccsc1-c1cccc(N(c2ccccc2)c2cccc(-n3[c-]ccc3)n2)n1. The summed E-state index contributed by atoms with van der Waals surface area (Å²) in [6.07, 6.45) is 5.08. The maximum atomic E-state index is 4.91. The molecule has 0 saturated heterocycles. The van der Waals surface area contributed by atoms with Gasteiger partial charge in [0.25, 0.3) is 0 Å². The van der Waals surface area contributed by atoms with E-state index in [0.717, 1.165) is 33.7 Å². The van der Waals surface area contributed by atoms with Crippen LogP contribution in [0.2, 0.25) is 0 Å². The molecule has 0 aliphatic carbocycles. The molecule has 0 aliphatic rings. The molecule has 0 saturated carbocycles. The van der Waals surface area contributed by atoms with Gasteiger partial charge in [0.1, 0.15) is 11.6 Å². The molecule has 30 heavy (non-hydrogen) atoms. The molecule has 0 amide bonds. The summed E-state index contributed by atoms with van der Waals surface area (Å²) in [4.78, 5) is 12.9. The van der Waals surface area contributed by atoms with Crippen molar-refractivity contribution in [1.29, 1.82) is 0 Å². The average Bonchev–Trinajstić information content (AvgIpc) is 3.50. The summed E-state index contributed by atoms with van der Waals surface area (Å²) in [7, 11) is 0. The van der Waals surface area contributed by atoms with Gasteiger partial charge < -0.3 is 4.57 Å². The second kappa shape index (κ2) is 9.20. The number of hydrogen-bond acceptors (Lipinski definition) is 4. The van der Waals surface area contributed by atoms with Gasteiger partial charge >= 0.3 is 21.1 Å². The Kier molecular flexibility index (Phi) is 6.22. The van der Waals surface area contributed by atoms with Crippen LogP contribution in [0.5, 0.6) is 0 Å². The number of hydrogen-bond donors (Lipinski definition) is 0. The smallest absolute Gasteiger partial charge is 0.436 e. The van der Waals surface area contributed by atoms with Gasteiger partial charge in [-0.1, -0.05) is 53.5 Å². The fourth-order valence-corrected chi connectivity index (χ4v) is 3.76. The summed E-state index contributed by atoms with van der Waals surface area (Å²) in [5.74, 6) is 2.39. The Labute approximate surface area is 193 Å². The van der Waals surface area contributed by atoms with E-state index in [1.807, 2.05) is 88.9 Å². The van der Waals surface area contributed by atoms with Gasteiger partial charge in [-0.15, -0.1) is 17.6 Å².